The van der Waals surface area contributed by atoms with Crippen molar-refractivity contribution in [2.24, 2.45) is 0 Å². The molecule has 2 nitrogen and oxygen atoms in total. The van der Waals surface area contributed by atoms with Crippen LogP contribution in [0.2, 0.25) is 0 Å². The van der Waals surface area contributed by atoms with Crippen LogP contribution >= 0.6 is 0 Å². The SMILES string of the molecule is CCOCC.CCOc1ccccc1. The first-order valence-corrected chi connectivity index (χ1v) is 5.10. The summed E-state index contributed by atoms with van der Waals surface area (Å²) in [5.74, 6) is 0.944. The van der Waals surface area contributed by atoms with Crippen molar-refractivity contribution in [1.29, 1.82) is 0 Å². The Morgan fingerprint density at radius 3 is 1.79 bits per heavy atom. The molecule has 0 aliphatic heterocycles. The van der Waals surface area contributed by atoms with Crippen LogP contribution in [0.25, 0.3) is 0 Å². The topological polar surface area (TPSA) is 18.5 Å². The van der Waals surface area contributed by atoms with Crippen LogP contribution in [0.5, 0.6) is 5.75 Å². The summed E-state index contributed by atoms with van der Waals surface area (Å²) in [6, 6.07) is 9.80. The zero-order chi connectivity index (χ0) is 10.6. The third kappa shape index (κ3) is 7.62. The lowest BCUT2D eigenvalue weighted by Gasteiger charge is -1.99. The lowest BCUT2D eigenvalue weighted by Crippen LogP contribution is -1.89. The smallest absolute Gasteiger partial charge is 0.119 e. The molecule has 1 rings (SSSR count). The van der Waals surface area contributed by atoms with Crippen molar-refractivity contribution in [3.05, 3.63) is 30.3 Å². The van der Waals surface area contributed by atoms with Gasteiger partial charge in [0.15, 0.2) is 0 Å². The van der Waals surface area contributed by atoms with Crippen molar-refractivity contribution in [2.75, 3.05) is 19.8 Å². The molecule has 0 aliphatic rings. The summed E-state index contributed by atoms with van der Waals surface area (Å²) in [6.45, 7) is 8.39. The van der Waals surface area contributed by atoms with Gasteiger partial charge in [-0.2, -0.15) is 0 Å². The first-order chi connectivity index (χ1) is 6.85. The molecule has 0 saturated heterocycles. The molecule has 1 aromatic rings. The Kier molecular flexibility index (Phi) is 9.33. The maximum absolute atomic E-state index is 5.21. The van der Waals surface area contributed by atoms with Gasteiger partial charge in [-0.1, -0.05) is 18.2 Å². The summed E-state index contributed by atoms with van der Waals surface area (Å²) in [7, 11) is 0. The van der Waals surface area contributed by atoms with Crippen molar-refractivity contribution in [1.82, 2.24) is 0 Å². The van der Waals surface area contributed by atoms with Crippen LogP contribution in [0.1, 0.15) is 20.8 Å². The summed E-state index contributed by atoms with van der Waals surface area (Å²) >= 11 is 0. The van der Waals surface area contributed by atoms with E-state index in [1.165, 1.54) is 0 Å². The summed E-state index contributed by atoms with van der Waals surface area (Å²) in [5.41, 5.74) is 0. The quantitative estimate of drug-likeness (QED) is 0.736. The van der Waals surface area contributed by atoms with Crippen molar-refractivity contribution in [2.45, 2.75) is 20.8 Å². The minimum Gasteiger partial charge on any atom is -0.494 e. The van der Waals surface area contributed by atoms with Gasteiger partial charge < -0.3 is 9.47 Å². The van der Waals surface area contributed by atoms with Crippen molar-refractivity contribution >= 4 is 0 Å². The molecule has 0 spiro atoms. The zero-order valence-electron chi connectivity index (χ0n) is 9.32. The fourth-order valence-corrected chi connectivity index (χ4v) is 0.888. The van der Waals surface area contributed by atoms with Gasteiger partial charge >= 0.3 is 0 Å². The molecule has 0 fully saturated rings. The number of para-hydroxylation sites is 1. The van der Waals surface area contributed by atoms with Gasteiger partial charge in [0.05, 0.1) is 6.61 Å². The normalized spacial score (nSPS) is 8.79. The van der Waals surface area contributed by atoms with Crippen LogP contribution in [0.15, 0.2) is 30.3 Å². The molecule has 0 radical (unpaired) electrons. The average Bonchev–Trinajstić information content (AvgIpc) is 2.22. The van der Waals surface area contributed by atoms with Crippen molar-refractivity contribution < 1.29 is 9.47 Å². The Bertz CT molecular complexity index is 195. The predicted molar refractivity (Wildman–Crippen MR) is 59.8 cm³/mol. The number of hydrogen-bond donors (Lipinski definition) is 0. The molecular weight excluding hydrogens is 176 g/mol. The lowest BCUT2D eigenvalue weighted by molar-refractivity contribution is 0.162. The molecule has 0 unspecified atom stereocenters. The second-order valence-corrected chi connectivity index (χ2v) is 2.53. The molecular formula is C12H20O2. The van der Waals surface area contributed by atoms with Gasteiger partial charge in [0.1, 0.15) is 5.75 Å². The van der Waals surface area contributed by atoms with Crippen LogP contribution in [0.4, 0.5) is 0 Å². The second kappa shape index (κ2) is 10.1. The Morgan fingerprint density at radius 2 is 1.43 bits per heavy atom. The number of rotatable bonds is 4. The van der Waals surface area contributed by atoms with E-state index in [1.54, 1.807) is 0 Å². The standard InChI is InChI=1S/C8H10O.C4H10O/c1-2-9-8-6-4-3-5-7-8;1-3-5-4-2/h3-7H,2H2,1H3;3-4H2,1-2H3. The van der Waals surface area contributed by atoms with E-state index in [0.717, 1.165) is 25.6 Å². The minimum absolute atomic E-state index is 0.740. The van der Waals surface area contributed by atoms with E-state index in [2.05, 4.69) is 0 Å². The van der Waals surface area contributed by atoms with Gasteiger partial charge in [0.2, 0.25) is 0 Å². The van der Waals surface area contributed by atoms with Crippen LogP contribution < -0.4 is 4.74 Å². The van der Waals surface area contributed by atoms with E-state index in [-0.39, 0.29) is 0 Å². The maximum atomic E-state index is 5.21. The van der Waals surface area contributed by atoms with Gasteiger partial charge in [-0.15, -0.1) is 0 Å². The van der Waals surface area contributed by atoms with Crippen LogP contribution in [0.3, 0.4) is 0 Å². The lowest BCUT2D eigenvalue weighted by atomic mass is 10.3. The Morgan fingerprint density at radius 1 is 0.857 bits per heavy atom. The summed E-state index contributed by atoms with van der Waals surface area (Å²) < 4.78 is 10.0. The zero-order valence-corrected chi connectivity index (χ0v) is 9.32. The van der Waals surface area contributed by atoms with E-state index in [9.17, 15) is 0 Å². The van der Waals surface area contributed by atoms with Crippen LogP contribution in [-0.4, -0.2) is 19.8 Å². The molecule has 0 aliphatic carbocycles. The van der Waals surface area contributed by atoms with Gasteiger partial charge in [-0.3, -0.25) is 0 Å². The summed E-state index contributed by atoms with van der Waals surface area (Å²) in [5, 5.41) is 0. The van der Waals surface area contributed by atoms with Gasteiger partial charge in [0.25, 0.3) is 0 Å². The molecule has 14 heavy (non-hydrogen) atoms. The number of hydrogen-bond acceptors (Lipinski definition) is 2. The van der Waals surface area contributed by atoms with Gasteiger partial charge in [-0.05, 0) is 32.9 Å². The van der Waals surface area contributed by atoms with Crippen LogP contribution in [-0.2, 0) is 4.74 Å². The summed E-state index contributed by atoms with van der Waals surface area (Å²) in [6.07, 6.45) is 0. The first kappa shape index (κ1) is 13.0. The molecule has 0 saturated carbocycles. The molecule has 0 atom stereocenters. The molecule has 0 heterocycles. The van der Waals surface area contributed by atoms with E-state index in [0.29, 0.717) is 0 Å². The molecule has 0 N–H and O–H groups in total. The average molecular weight is 196 g/mol. The Hall–Kier alpha value is -1.02. The number of benzene rings is 1. The number of ether oxygens (including phenoxy) is 2. The van der Waals surface area contributed by atoms with E-state index in [1.807, 2.05) is 51.1 Å². The molecule has 0 aromatic heterocycles. The Balaban J connectivity index is 0.000000292. The monoisotopic (exact) mass is 196 g/mol. The highest BCUT2D eigenvalue weighted by Crippen LogP contribution is 2.06. The largest absolute Gasteiger partial charge is 0.494 e. The molecule has 80 valence electrons. The highest BCUT2D eigenvalue weighted by atomic mass is 16.5. The van der Waals surface area contributed by atoms with E-state index < -0.39 is 0 Å². The molecule has 2 heteroatoms. The first-order valence-electron chi connectivity index (χ1n) is 5.10. The molecule has 0 bridgehead atoms. The van der Waals surface area contributed by atoms with E-state index in [4.69, 9.17) is 9.47 Å². The maximum Gasteiger partial charge on any atom is 0.119 e. The Labute approximate surface area is 86.9 Å². The minimum atomic E-state index is 0.740. The van der Waals surface area contributed by atoms with E-state index >= 15 is 0 Å². The highest BCUT2D eigenvalue weighted by molar-refractivity contribution is 5.20. The van der Waals surface area contributed by atoms with Crippen molar-refractivity contribution in [3.8, 4) is 5.75 Å². The van der Waals surface area contributed by atoms with Gasteiger partial charge in [-0.25, -0.2) is 0 Å². The summed E-state index contributed by atoms with van der Waals surface area (Å²) in [4.78, 5) is 0. The third-order valence-corrected chi connectivity index (χ3v) is 1.46. The van der Waals surface area contributed by atoms with Crippen LogP contribution in [0, 0.1) is 0 Å². The highest BCUT2D eigenvalue weighted by Gasteiger charge is 1.83. The predicted octanol–water partition coefficient (Wildman–Crippen LogP) is 3.13. The van der Waals surface area contributed by atoms with Gasteiger partial charge in [0, 0.05) is 13.2 Å². The van der Waals surface area contributed by atoms with Crippen molar-refractivity contribution in [3.63, 3.8) is 0 Å². The fraction of sp³-hybridized carbons (Fsp3) is 0.500. The molecule has 0 amide bonds. The molecule has 1 aromatic carbocycles. The third-order valence-electron chi connectivity index (χ3n) is 1.46. The fourth-order valence-electron chi connectivity index (χ4n) is 0.888. The second-order valence-electron chi connectivity index (χ2n) is 2.53.